The van der Waals surface area contributed by atoms with Gasteiger partial charge >= 0.3 is 0 Å². The number of anilines is 1. The molecule has 0 aromatic heterocycles. The van der Waals surface area contributed by atoms with Gasteiger partial charge in [0.2, 0.25) is 5.91 Å². The molecule has 4 nitrogen and oxygen atoms in total. The van der Waals surface area contributed by atoms with Crippen LogP contribution in [-0.2, 0) is 11.3 Å². The minimum absolute atomic E-state index is 0.0750. The Hall–Kier alpha value is -2.34. The molecule has 2 aromatic carbocycles. The van der Waals surface area contributed by atoms with Crippen molar-refractivity contribution < 1.29 is 14.0 Å². The average molecular weight is 495 g/mol. The molecule has 1 N–H and O–H groups in total. The van der Waals surface area contributed by atoms with Crippen molar-refractivity contribution in [2.45, 2.75) is 70.4 Å². The van der Waals surface area contributed by atoms with Crippen LogP contribution in [0, 0.1) is 29.0 Å². The van der Waals surface area contributed by atoms with Crippen molar-refractivity contribution in [2.24, 2.45) is 23.2 Å². The van der Waals surface area contributed by atoms with Crippen LogP contribution in [0.1, 0.15) is 68.8 Å². The van der Waals surface area contributed by atoms with Gasteiger partial charge in [-0.2, -0.15) is 0 Å². The standard InChI is InChI=1S/C29H35FN2O2S/c1-18-10-21-11-19(2)14-29(13-18,15-21)20(3)31-28(34)22-8-9-26-25(12-22)32(27(33)17-35-26)16-23-6-4-5-7-24(23)30/h4-9,12,18-21H,10-11,13-17H2,1-3H3,(H,31,34)/t18-,19+,20?,21-,29?. The summed E-state index contributed by atoms with van der Waals surface area (Å²) in [6.07, 6.45) is 6.15. The Bertz CT molecular complexity index is 1120. The molecule has 186 valence electrons. The van der Waals surface area contributed by atoms with Gasteiger partial charge < -0.3 is 10.2 Å². The molecule has 2 aliphatic carbocycles. The number of halogens is 1. The lowest BCUT2D eigenvalue weighted by atomic mass is 9.54. The smallest absolute Gasteiger partial charge is 0.251 e. The minimum atomic E-state index is -0.330. The molecular weight excluding hydrogens is 459 g/mol. The van der Waals surface area contributed by atoms with Crippen LogP contribution in [0.5, 0.6) is 0 Å². The number of nitrogens with one attached hydrogen (secondary N) is 1. The molecule has 2 fully saturated rings. The Morgan fingerprint density at radius 3 is 2.57 bits per heavy atom. The third-order valence-corrected chi connectivity index (χ3v) is 9.44. The van der Waals surface area contributed by atoms with E-state index in [0.717, 1.165) is 10.8 Å². The molecular formula is C29H35FN2O2S. The maximum absolute atomic E-state index is 14.3. The number of thioether (sulfide) groups is 1. The van der Waals surface area contributed by atoms with Crippen molar-refractivity contribution in [3.63, 3.8) is 0 Å². The van der Waals surface area contributed by atoms with Crippen LogP contribution in [0.3, 0.4) is 0 Å². The van der Waals surface area contributed by atoms with Crippen molar-refractivity contribution in [1.82, 2.24) is 5.32 Å². The molecule has 1 heterocycles. The molecule has 5 atom stereocenters. The number of benzene rings is 2. The SMILES string of the molecule is CC(NC(=O)c1ccc2c(c1)N(Cc1ccccc1F)C(=O)CS2)C12C[C@H](C)C[C@H](C[C@H](C)C1)C2. The van der Waals surface area contributed by atoms with Crippen LogP contribution in [0.4, 0.5) is 10.1 Å². The monoisotopic (exact) mass is 494 g/mol. The first-order valence-corrected chi connectivity index (χ1v) is 13.8. The van der Waals surface area contributed by atoms with Crippen LogP contribution in [0.15, 0.2) is 47.4 Å². The average Bonchev–Trinajstić information content (AvgIpc) is 2.80. The van der Waals surface area contributed by atoms with E-state index in [-0.39, 0.29) is 35.6 Å². The Labute approximate surface area is 212 Å². The van der Waals surface area contributed by atoms with Crippen molar-refractivity contribution >= 4 is 29.3 Å². The van der Waals surface area contributed by atoms with Gasteiger partial charge in [-0.25, -0.2) is 4.39 Å². The van der Waals surface area contributed by atoms with Crippen molar-refractivity contribution in [3.8, 4) is 0 Å². The van der Waals surface area contributed by atoms with Gasteiger partial charge in [0, 0.05) is 22.1 Å². The van der Waals surface area contributed by atoms with E-state index in [0.29, 0.717) is 34.4 Å². The highest BCUT2D eigenvalue weighted by Gasteiger charge is 2.47. The lowest BCUT2D eigenvalue weighted by molar-refractivity contribution is -0.116. The van der Waals surface area contributed by atoms with Gasteiger partial charge in [-0.15, -0.1) is 11.8 Å². The molecule has 0 spiro atoms. The van der Waals surface area contributed by atoms with Crippen LogP contribution >= 0.6 is 11.8 Å². The van der Waals surface area contributed by atoms with Crippen LogP contribution in [0.2, 0.25) is 0 Å². The topological polar surface area (TPSA) is 49.4 Å². The second-order valence-corrected chi connectivity index (χ2v) is 12.3. The zero-order chi connectivity index (χ0) is 24.7. The second-order valence-electron chi connectivity index (χ2n) is 11.3. The van der Waals surface area contributed by atoms with Gasteiger partial charge in [0.05, 0.1) is 18.0 Å². The summed E-state index contributed by atoms with van der Waals surface area (Å²) in [6.45, 7) is 7.04. The van der Waals surface area contributed by atoms with E-state index >= 15 is 0 Å². The molecule has 0 saturated heterocycles. The quantitative estimate of drug-likeness (QED) is 0.521. The van der Waals surface area contributed by atoms with Gasteiger partial charge in [0.1, 0.15) is 5.82 Å². The lowest BCUT2D eigenvalue weighted by Gasteiger charge is -2.53. The fourth-order valence-electron chi connectivity index (χ4n) is 7.06. The maximum atomic E-state index is 14.3. The van der Waals surface area contributed by atoms with E-state index in [1.165, 1.54) is 49.9 Å². The fraction of sp³-hybridized carbons (Fsp3) is 0.517. The fourth-order valence-corrected chi connectivity index (χ4v) is 7.97. The van der Waals surface area contributed by atoms with Gasteiger partial charge in [0.25, 0.3) is 5.91 Å². The van der Waals surface area contributed by atoms with E-state index in [1.807, 2.05) is 12.1 Å². The van der Waals surface area contributed by atoms with Crippen LogP contribution in [0.25, 0.3) is 0 Å². The maximum Gasteiger partial charge on any atom is 0.251 e. The highest BCUT2D eigenvalue weighted by atomic mass is 32.2. The molecule has 3 aliphatic rings. The normalized spacial score (nSPS) is 28.9. The predicted octanol–water partition coefficient (Wildman–Crippen LogP) is 6.44. The van der Waals surface area contributed by atoms with E-state index in [1.54, 1.807) is 29.2 Å². The summed E-state index contributed by atoms with van der Waals surface area (Å²) >= 11 is 1.47. The van der Waals surface area contributed by atoms with Gasteiger partial charge in [-0.05, 0) is 86.5 Å². The van der Waals surface area contributed by atoms with E-state index < -0.39 is 0 Å². The van der Waals surface area contributed by atoms with Crippen LogP contribution in [-0.4, -0.2) is 23.6 Å². The molecule has 2 aromatic rings. The summed E-state index contributed by atoms with van der Waals surface area (Å²) < 4.78 is 14.3. The molecule has 35 heavy (non-hydrogen) atoms. The van der Waals surface area contributed by atoms with Crippen molar-refractivity contribution in [2.75, 3.05) is 10.7 Å². The summed E-state index contributed by atoms with van der Waals surface area (Å²) in [5, 5.41) is 3.34. The number of carbonyl (C=O) groups excluding carboxylic acids is 2. The first-order chi connectivity index (χ1) is 16.7. The van der Waals surface area contributed by atoms with Crippen molar-refractivity contribution in [3.05, 3.63) is 59.4 Å². The Kier molecular flexibility index (Phi) is 6.69. The lowest BCUT2D eigenvalue weighted by Crippen LogP contribution is -2.52. The number of amides is 2. The Balaban J connectivity index is 1.37. The molecule has 6 heteroatoms. The van der Waals surface area contributed by atoms with Gasteiger partial charge in [-0.3, -0.25) is 9.59 Å². The summed E-state index contributed by atoms with van der Waals surface area (Å²) in [7, 11) is 0. The predicted molar refractivity (Wildman–Crippen MR) is 139 cm³/mol. The van der Waals surface area contributed by atoms with Crippen molar-refractivity contribution in [1.29, 1.82) is 0 Å². The highest BCUT2D eigenvalue weighted by Crippen LogP contribution is 2.54. The summed E-state index contributed by atoms with van der Waals surface area (Å²) in [6, 6.07) is 12.2. The van der Waals surface area contributed by atoms with Gasteiger partial charge in [0.15, 0.2) is 0 Å². The third-order valence-electron chi connectivity index (χ3n) is 8.39. The van der Waals surface area contributed by atoms with Crippen LogP contribution < -0.4 is 10.2 Å². The third kappa shape index (κ3) is 4.87. The van der Waals surface area contributed by atoms with E-state index in [9.17, 15) is 14.0 Å². The Morgan fingerprint density at radius 2 is 1.86 bits per heavy atom. The number of carbonyl (C=O) groups is 2. The van der Waals surface area contributed by atoms with E-state index in [4.69, 9.17) is 0 Å². The molecule has 2 saturated carbocycles. The minimum Gasteiger partial charge on any atom is -0.349 e. The highest BCUT2D eigenvalue weighted by molar-refractivity contribution is 8.00. The number of nitrogens with zero attached hydrogens (tertiary/aromatic N) is 1. The first-order valence-electron chi connectivity index (χ1n) is 12.9. The first kappa shape index (κ1) is 24.4. The molecule has 5 rings (SSSR count). The Morgan fingerprint density at radius 1 is 1.14 bits per heavy atom. The number of fused-ring (bicyclic) bond motifs is 3. The molecule has 1 aliphatic heterocycles. The van der Waals surface area contributed by atoms with E-state index in [2.05, 4.69) is 26.1 Å². The molecule has 2 amide bonds. The molecule has 0 radical (unpaired) electrons. The zero-order valence-corrected chi connectivity index (χ0v) is 21.7. The zero-order valence-electron chi connectivity index (χ0n) is 20.9. The number of hydrogen-bond donors (Lipinski definition) is 1. The summed E-state index contributed by atoms with van der Waals surface area (Å²) in [4.78, 5) is 28.8. The van der Waals surface area contributed by atoms with Gasteiger partial charge in [-0.1, -0.05) is 32.0 Å². The number of rotatable bonds is 5. The molecule has 2 unspecified atom stereocenters. The number of hydrogen-bond acceptors (Lipinski definition) is 3. The summed E-state index contributed by atoms with van der Waals surface area (Å²) in [5.41, 5.74) is 1.86. The second kappa shape index (κ2) is 9.61. The molecule has 2 bridgehead atoms. The summed E-state index contributed by atoms with van der Waals surface area (Å²) in [5.74, 6) is 1.96. The largest absolute Gasteiger partial charge is 0.349 e.